The van der Waals surface area contributed by atoms with E-state index in [9.17, 15) is 9.18 Å². The van der Waals surface area contributed by atoms with Crippen molar-refractivity contribution in [2.24, 2.45) is 0 Å². The van der Waals surface area contributed by atoms with Gasteiger partial charge in [-0.1, -0.05) is 18.2 Å². The van der Waals surface area contributed by atoms with Crippen LogP contribution in [0.15, 0.2) is 60.1 Å². The van der Waals surface area contributed by atoms with Gasteiger partial charge in [0.2, 0.25) is 0 Å². The van der Waals surface area contributed by atoms with Crippen LogP contribution in [0.4, 0.5) is 15.9 Å². The van der Waals surface area contributed by atoms with Crippen molar-refractivity contribution in [3.8, 4) is 0 Å². The fourth-order valence-electron chi connectivity index (χ4n) is 1.99. The number of anilines is 2. The van der Waals surface area contributed by atoms with E-state index in [0.29, 0.717) is 23.6 Å². The Bertz CT molecular complexity index is 788. The second-order valence-electron chi connectivity index (χ2n) is 4.80. The van der Waals surface area contributed by atoms with E-state index < -0.39 is 0 Å². The minimum atomic E-state index is -0.355. The first-order valence-electron chi connectivity index (χ1n) is 7.00. The Labute approximate surface area is 137 Å². The van der Waals surface area contributed by atoms with Crippen LogP contribution in [0, 0.1) is 5.82 Å². The molecule has 3 rings (SSSR count). The fraction of sp³-hybridized carbons (Fsp3) is 0.0588. The standard InChI is InChI=1S/C17H14FN3OS/c18-14-5-1-2-6-15(14)21-16-8-7-12(10-19-16)17(22)20-11-13-4-3-9-23-13/h1-10H,11H2,(H,19,21)(H,20,22). The maximum Gasteiger partial charge on any atom is 0.253 e. The zero-order valence-corrected chi connectivity index (χ0v) is 12.9. The van der Waals surface area contributed by atoms with Gasteiger partial charge in [-0.2, -0.15) is 0 Å². The summed E-state index contributed by atoms with van der Waals surface area (Å²) < 4.78 is 13.6. The maximum atomic E-state index is 13.6. The van der Waals surface area contributed by atoms with Crippen molar-refractivity contribution >= 4 is 28.7 Å². The molecule has 2 aromatic heterocycles. The molecule has 0 saturated carbocycles. The Hall–Kier alpha value is -2.73. The molecule has 0 aliphatic rings. The summed E-state index contributed by atoms with van der Waals surface area (Å²) >= 11 is 1.59. The van der Waals surface area contributed by atoms with Crippen molar-refractivity contribution < 1.29 is 9.18 Å². The van der Waals surface area contributed by atoms with Crippen molar-refractivity contribution in [1.82, 2.24) is 10.3 Å². The van der Waals surface area contributed by atoms with Gasteiger partial charge in [-0.15, -0.1) is 11.3 Å². The highest BCUT2D eigenvalue weighted by molar-refractivity contribution is 7.09. The molecule has 0 atom stereocenters. The van der Waals surface area contributed by atoms with Gasteiger partial charge < -0.3 is 10.6 Å². The highest BCUT2D eigenvalue weighted by Crippen LogP contribution is 2.18. The summed E-state index contributed by atoms with van der Waals surface area (Å²) in [6.45, 7) is 0.492. The molecule has 3 aromatic rings. The Morgan fingerprint density at radius 2 is 2.00 bits per heavy atom. The number of nitrogens with zero attached hydrogens (tertiary/aromatic N) is 1. The van der Waals surface area contributed by atoms with E-state index in [0.717, 1.165) is 4.88 Å². The average molecular weight is 327 g/mol. The van der Waals surface area contributed by atoms with Gasteiger partial charge in [-0.25, -0.2) is 9.37 Å². The van der Waals surface area contributed by atoms with Crippen molar-refractivity contribution in [3.63, 3.8) is 0 Å². The third kappa shape index (κ3) is 3.92. The molecule has 2 N–H and O–H groups in total. The van der Waals surface area contributed by atoms with Crippen molar-refractivity contribution in [1.29, 1.82) is 0 Å². The number of aromatic nitrogens is 1. The SMILES string of the molecule is O=C(NCc1cccs1)c1ccc(Nc2ccccc2F)nc1. The molecule has 0 unspecified atom stereocenters. The number of hydrogen-bond acceptors (Lipinski definition) is 4. The van der Waals surface area contributed by atoms with Crippen LogP contribution in [0.3, 0.4) is 0 Å². The summed E-state index contributed by atoms with van der Waals surface area (Å²) in [5, 5.41) is 7.67. The van der Waals surface area contributed by atoms with Crippen LogP contribution in [0.2, 0.25) is 0 Å². The van der Waals surface area contributed by atoms with E-state index >= 15 is 0 Å². The van der Waals surface area contributed by atoms with Crippen LogP contribution >= 0.6 is 11.3 Å². The number of halogens is 1. The second kappa shape index (κ2) is 7.02. The summed E-state index contributed by atoms with van der Waals surface area (Å²) in [7, 11) is 0. The van der Waals surface area contributed by atoms with Gasteiger partial charge in [-0.3, -0.25) is 4.79 Å². The summed E-state index contributed by atoms with van der Waals surface area (Å²) in [6.07, 6.45) is 1.47. The van der Waals surface area contributed by atoms with Gasteiger partial charge in [0, 0.05) is 11.1 Å². The first-order chi connectivity index (χ1) is 11.2. The smallest absolute Gasteiger partial charge is 0.253 e. The largest absolute Gasteiger partial charge is 0.347 e. The van der Waals surface area contributed by atoms with Crippen molar-refractivity contribution in [3.05, 3.63) is 76.4 Å². The second-order valence-corrected chi connectivity index (χ2v) is 5.83. The van der Waals surface area contributed by atoms with E-state index in [1.807, 2.05) is 17.5 Å². The lowest BCUT2D eigenvalue weighted by atomic mass is 10.2. The van der Waals surface area contributed by atoms with Crippen LogP contribution in [-0.4, -0.2) is 10.9 Å². The lowest BCUT2D eigenvalue weighted by Crippen LogP contribution is -2.22. The zero-order valence-electron chi connectivity index (χ0n) is 12.1. The van der Waals surface area contributed by atoms with E-state index in [2.05, 4.69) is 15.6 Å². The molecule has 6 heteroatoms. The molecule has 0 spiro atoms. The molecule has 0 bridgehead atoms. The van der Waals surface area contributed by atoms with Crippen LogP contribution in [0.1, 0.15) is 15.2 Å². The molecule has 0 aliphatic heterocycles. The molecule has 0 saturated heterocycles. The number of rotatable bonds is 5. The predicted octanol–water partition coefficient (Wildman–Crippen LogP) is 3.96. The van der Waals surface area contributed by atoms with Crippen LogP contribution < -0.4 is 10.6 Å². The summed E-state index contributed by atoms with van der Waals surface area (Å²) in [5.41, 5.74) is 0.801. The Morgan fingerprint density at radius 3 is 2.70 bits per heavy atom. The van der Waals surface area contributed by atoms with Gasteiger partial charge in [-0.05, 0) is 35.7 Å². The first kappa shape index (κ1) is 15.2. The highest BCUT2D eigenvalue weighted by Gasteiger charge is 2.07. The topological polar surface area (TPSA) is 54.0 Å². The minimum Gasteiger partial charge on any atom is -0.347 e. The molecule has 23 heavy (non-hydrogen) atoms. The lowest BCUT2D eigenvalue weighted by molar-refractivity contribution is 0.0951. The highest BCUT2D eigenvalue weighted by atomic mass is 32.1. The van der Waals surface area contributed by atoms with E-state index in [1.54, 1.807) is 41.7 Å². The van der Waals surface area contributed by atoms with Crippen LogP contribution in [0.5, 0.6) is 0 Å². The lowest BCUT2D eigenvalue weighted by Gasteiger charge is -2.07. The monoisotopic (exact) mass is 327 g/mol. The fourth-order valence-corrected chi connectivity index (χ4v) is 2.63. The molecule has 4 nitrogen and oxygen atoms in total. The Kier molecular flexibility index (Phi) is 4.63. The third-order valence-electron chi connectivity index (χ3n) is 3.17. The average Bonchev–Trinajstić information content (AvgIpc) is 3.09. The number of benzene rings is 1. The molecule has 1 aromatic carbocycles. The molecule has 116 valence electrons. The van der Waals surface area contributed by atoms with E-state index in [4.69, 9.17) is 0 Å². The quantitative estimate of drug-likeness (QED) is 0.746. The number of para-hydroxylation sites is 1. The number of carbonyl (C=O) groups is 1. The molecule has 2 heterocycles. The molecule has 0 fully saturated rings. The van der Waals surface area contributed by atoms with E-state index in [-0.39, 0.29) is 11.7 Å². The molecule has 1 amide bonds. The summed E-state index contributed by atoms with van der Waals surface area (Å²) in [4.78, 5) is 17.3. The third-order valence-corrected chi connectivity index (χ3v) is 4.04. The van der Waals surface area contributed by atoms with Crippen LogP contribution in [0.25, 0.3) is 0 Å². The predicted molar refractivity (Wildman–Crippen MR) is 89.4 cm³/mol. The number of pyridine rings is 1. The normalized spacial score (nSPS) is 10.3. The van der Waals surface area contributed by atoms with Gasteiger partial charge in [0.1, 0.15) is 11.6 Å². The zero-order chi connectivity index (χ0) is 16.1. The van der Waals surface area contributed by atoms with Crippen molar-refractivity contribution in [2.75, 3.05) is 5.32 Å². The number of nitrogens with one attached hydrogen (secondary N) is 2. The van der Waals surface area contributed by atoms with Crippen LogP contribution in [-0.2, 0) is 6.54 Å². The molecule has 0 radical (unpaired) electrons. The van der Waals surface area contributed by atoms with E-state index in [1.165, 1.54) is 12.3 Å². The Balaban J connectivity index is 1.62. The van der Waals surface area contributed by atoms with Gasteiger partial charge in [0.15, 0.2) is 0 Å². The van der Waals surface area contributed by atoms with Crippen molar-refractivity contribution in [2.45, 2.75) is 6.54 Å². The number of thiophene rings is 1. The number of hydrogen-bond donors (Lipinski definition) is 2. The minimum absolute atomic E-state index is 0.191. The number of carbonyl (C=O) groups excluding carboxylic acids is 1. The summed E-state index contributed by atoms with van der Waals surface area (Å²) in [5.74, 6) is -0.0692. The summed E-state index contributed by atoms with van der Waals surface area (Å²) in [6, 6.07) is 13.5. The van der Waals surface area contributed by atoms with Gasteiger partial charge in [0.05, 0.1) is 17.8 Å². The van der Waals surface area contributed by atoms with Gasteiger partial charge >= 0.3 is 0 Å². The van der Waals surface area contributed by atoms with Gasteiger partial charge in [0.25, 0.3) is 5.91 Å². The Morgan fingerprint density at radius 1 is 1.13 bits per heavy atom. The molecular weight excluding hydrogens is 313 g/mol. The first-order valence-corrected chi connectivity index (χ1v) is 7.88. The number of amides is 1. The molecule has 0 aliphatic carbocycles. The molecular formula is C17H14FN3OS. The maximum absolute atomic E-state index is 13.6.